The zero-order valence-corrected chi connectivity index (χ0v) is 14.5. The molecule has 0 unspecified atom stereocenters. The lowest BCUT2D eigenvalue weighted by molar-refractivity contribution is 0.0952. The van der Waals surface area contributed by atoms with Crippen molar-refractivity contribution in [2.24, 2.45) is 0 Å². The standard InChI is InChI=1S/C18H25N5O2/c1-25-15-5-3-14(4-6-15)17-16(13-21-22-17)18(24)20-7-2-10-23-11-8-19-9-12-23/h3-6,13,19H,2,7-12H2,1H3,(H,20,24)(H,21,22). The third-order valence-corrected chi connectivity index (χ3v) is 4.41. The largest absolute Gasteiger partial charge is 0.497 e. The van der Waals surface area contributed by atoms with E-state index in [1.165, 1.54) is 0 Å². The highest BCUT2D eigenvalue weighted by molar-refractivity contribution is 5.99. The topological polar surface area (TPSA) is 82.3 Å². The van der Waals surface area contributed by atoms with Gasteiger partial charge >= 0.3 is 0 Å². The molecule has 1 saturated heterocycles. The maximum atomic E-state index is 12.5. The Morgan fingerprint density at radius 1 is 1.28 bits per heavy atom. The number of aromatic nitrogens is 2. The van der Waals surface area contributed by atoms with E-state index in [9.17, 15) is 4.79 Å². The van der Waals surface area contributed by atoms with Crippen molar-refractivity contribution >= 4 is 5.91 Å². The van der Waals surface area contributed by atoms with Gasteiger partial charge in [-0.05, 0) is 37.2 Å². The Balaban J connectivity index is 1.53. The lowest BCUT2D eigenvalue weighted by atomic mass is 10.1. The summed E-state index contributed by atoms with van der Waals surface area (Å²) in [6.07, 6.45) is 2.52. The van der Waals surface area contributed by atoms with Crippen LogP contribution in [0.2, 0.25) is 0 Å². The number of hydrogen-bond donors (Lipinski definition) is 3. The lowest BCUT2D eigenvalue weighted by Crippen LogP contribution is -2.44. The van der Waals surface area contributed by atoms with E-state index in [0.29, 0.717) is 12.1 Å². The fourth-order valence-electron chi connectivity index (χ4n) is 2.97. The molecule has 3 N–H and O–H groups in total. The number of nitrogens with zero attached hydrogens (tertiary/aromatic N) is 2. The van der Waals surface area contributed by atoms with Gasteiger partial charge in [0.05, 0.1) is 24.6 Å². The third-order valence-electron chi connectivity index (χ3n) is 4.41. The number of methoxy groups -OCH3 is 1. The van der Waals surface area contributed by atoms with Gasteiger partial charge in [-0.15, -0.1) is 0 Å². The van der Waals surface area contributed by atoms with E-state index in [-0.39, 0.29) is 5.91 Å². The molecule has 0 bridgehead atoms. The highest BCUT2D eigenvalue weighted by atomic mass is 16.5. The van der Waals surface area contributed by atoms with E-state index in [2.05, 4.69) is 25.7 Å². The molecule has 0 saturated carbocycles. The number of ether oxygens (including phenoxy) is 1. The molecule has 3 rings (SSSR count). The summed E-state index contributed by atoms with van der Waals surface area (Å²) in [7, 11) is 1.63. The summed E-state index contributed by atoms with van der Waals surface area (Å²) in [6, 6.07) is 7.55. The minimum Gasteiger partial charge on any atom is -0.497 e. The van der Waals surface area contributed by atoms with Crippen LogP contribution in [0.1, 0.15) is 16.8 Å². The molecule has 2 heterocycles. The molecule has 7 nitrogen and oxygen atoms in total. The Hall–Kier alpha value is -2.38. The highest BCUT2D eigenvalue weighted by Crippen LogP contribution is 2.23. The first-order valence-electron chi connectivity index (χ1n) is 8.67. The van der Waals surface area contributed by atoms with Crippen LogP contribution < -0.4 is 15.4 Å². The molecule has 25 heavy (non-hydrogen) atoms. The number of carbonyl (C=O) groups is 1. The number of H-pyrrole nitrogens is 1. The summed E-state index contributed by atoms with van der Waals surface area (Å²) in [6.45, 7) is 5.93. The molecule has 134 valence electrons. The zero-order valence-electron chi connectivity index (χ0n) is 14.5. The average molecular weight is 343 g/mol. The summed E-state index contributed by atoms with van der Waals surface area (Å²) < 4.78 is 5.17. The van der Waals surface area contributed by atoms with Gasteiger partial charge in [-0.1, -0.05) is 0 Å². The van der Waals surface area contributed by atoms with Gasteiger partial charge in [0, 0.05) is 38.3 Å². The van der Waals surface area contributed by atoms with Crippen LogP contribution in [0.25, 0.3) is 11.3 Å². The van der Waals surface area contributed by atoms with Crippen LogP contribution in [0.4, 0.5) is 0 Å². The number of carbonyl (C=O) groups excluding carboxylic acids is 1. The number of piperazine rings is 1. The Morgan fingerprint density at radius 3 is 2.76 bits per heavy atom. The smallest absolute Gasteiger partial charge is 0.255 e. The summed E-state index contributed by atoms with van der Waals surface area (Å²) in [5.74, 6) is 0.682. The van der Waals surface area contributed by atoms with Crippen molar-refractivity contribution in [3.8, 4) is 17.0 Å². The molecule has 0 aliphatic carbocycles. The molecule has 7 heteroatoms. The SMILES string of the molecule is COc1ccc(-c2[nH]ncc2C(=O)NCCCN2CCNCC2)cc1. The predicted molar refractivity (Wildman–Crippen MR) is 96.8 cm³/mol. The first kappa shape index (κ1) is 17.4. The molecule has 1 fully saturated rings. The number of hydrogen-bond acceptors (Lipinski definition) is 5. The van der Waals surface area contributed by atoms with E-state index in [4.69, 9.17) is 4.74 Å². The van der Waals surface area contributed by atoms with Gasteiger partial charge in [0.15, 0.2) is 0 Å². The average Bonchev–Trinajstić information content (AvgIpc) is 3.16. The zero-order chi connectivity index (χ0) is 17.5. The lowest BCUT2D eigenvalue weighted by Gasteiger charge is -2.27. The van der Waals surface area contributed by atoms with Crippen molar-refractivity contribution in [1.29, 1.82) is 0 Å². The van der Waals surface area contributed by atoms with Crippen molar-refractivity contribution < 1.29 is 9.53 Å². The monoisotopic (exact) mass is 343 g/mol. The molecule has 1 aromatic carbocycles. The second kappa shape index (κ2) is 8.64. The molecular formula is C18H25N5O2. The van der Waals surface area contributed by atoms with E-state index in [0.717, 1.165) is 56.2 Å². The molecule has 1 aliphatic rings. The minimum absolute atomic E-state index is 0.0973. The van der Waals surface area contributed by atoms with Crippen LogP contribution in [0, 0.1) is 0 Å². The summed E-state index contributed by atoms with van der Waals surface area (Å²) in [5, 5.41) is 13.3. The van der Waals surface area contributed by atoms with Crippen molar-refractivity contribution in [3.63, 3.8) is 0 Å². The number of amides is 1. The van der Waals surface area contributed by atoms with Crippen LogP contribution in [0.15, 0.2) is 30.5 Å². The number of rotatable bonds is 7. The van der Waals surface area contributed by atoms with Crippen LogP contribution in [-0.4, -0.2) is 67.4 Å². The highest BCUT2D eigenvalue weighted by Gasteiger charge is 2.15. The maximum Gasteiger partial charge on any atom is 0.255 e. The van der Waals surface area contributed by atoms with E-state index in [1.54, 1.807) is 13.3 Å². The molecule has 2 aromatic rings. The Kier molecular flexibility index (Phi) is 6.03. The summed E-state index contributed by atoms with van der Waals surface area (Å²) >= 11 is 0. The summed E-state index contributed by atoms with van der Waals surface area (Å²) in [4.78, 5) is 14.9. The third kappa shape index (κ3) is 4.58. The fraction of sp³-hybridized carbons (Fsp3) is 0.444. The molecule has 0 atom stereocenters. The number of benzene rings is 1. The maximum absolute atomic E-state index is 12.5. The second-order valence-electron chi connectivity index (χ2n) is 6.09. The molecule has 1 aromatic heterocycles. The molecule has 0 spiro atoms. The van der Waals surface area contributed by atoms with Crippen LogP contribution in [-0.2, 0) is 0 Å². The number of aromatic amines is 1. The Labute approximate surface area is 147 Å². The van der Waals surface area contributed by atoms with E-state index >= 15 is 0 Å². The quantitative estimate of drug-likeness (QED) is 0.656. The van der Waals surface area contributed by atoms with Gasteiger partial charge < -0.3 is 20.3 Å². The van der Waals surface area contributed by atoms with Crippen LogP contribution in [0.5, 0.6) is 5.75 Å². The normalized spacial score (nSPS) is 15.1. The van der Waals surface area contributed by atoms with Gasteiger partial charge in [-0.25, -0.2) is 0 Å². The van der Waals surface area contributed by atoms with Crippen LogP contribution in [0.3, 0.4) is 0 Å². The summed E-state index contributed by atoms with van der Waals surface area (Å²) in [5.41, 5.74) is 2.19. The predicted octanol–water partition coefficient (Wildman–Crippen LogP) is 1.11. The van der Waals surface area contributed by atoms with Gasteiger partial charge in [0.25, 0.3) is 5.91 Å². The van der Waals surface area contributed by atoms with Gasteiger partial charge in [-0.2, -0.15) is 5.10 Å². The fourth-order valence-corrected chi connectivity index (χ4v) is 2.97. The molecule has 0 radical (unpaired) electrons. The van der Waals surface area contributed by atoms with Crippen molar-refractivity contribution in [2.45, 2.75) is 6.42 Å². The van der Waals surface area contributed by atoms with Crippen molar-refractivity contribution in [3.05, 3.63) is 36.0 Å². The molecular weight excluding hydrogens is 318 g/mol. The molecule has 1 amide bonds. The second-order valence-corrected chi connectivity index (χ2v) is 6.09. The van der Waals surface area contributed by atoms with E-state index < -0.39 is 0 Å². The van der Waals surface area contributed by atoms with Gasteiger partial charge in [-0.3, -0.25) is 9.89 Å². The Bertz CT molecular complexity index is 677. The first-order chi connectivity index (χ1) is 12.3. The van der Waals surface area contributed by atoms with Crippen LogP contribution >= 0.6 is 0 Å². The van der Waals surface area contributed by atoms with Gasteiger partial charge in [0.2, 0.25) is 0 Å². The minimum atomic E-state index is -0.0973. The van der Waals surface area contributed by atoms with E-state index in [1.807, 2.05) is 24.3 Å². The molecule has 1 aliphatic heterocycles. The Morgan fingerprint density at radius 2 is 2.04 bits per heavy atom. The first-order valence-corrected chi connectivity index (χ1v) is 8.67. The number of nitrogens with one attached hydrogen (secondary N) is 3. The van der Waals surface area contributed by atoms with Crippen molar-refractivity contribution in [2.75, 3.05) is 46.4 Å². The van der Waals surface area contributed by atoms with Crippen molar-refractivity contribution in [1.82, 2.24) is 25.7 Å². The van der Waals surface area contributed by atoms with Gasteiger partial charge in [0.1, 0.15) is 5.75 Å².